The van der Waals surface area contributed by atoms with Gasteiger partial charge in [-0.3, -0.25) is 4.79 Å². The summed E-state index contributed by atoms with van der Waals surface area (Å²) >= 11 is 0. The standard InChI is InChI=1S/C10H19NO3/c1-3-4-9(10(12)13)11-7-5-8(6-7)14-2/h7-9,11H,3-6H2,1-2H3,(H,12,13). The van der Waals surface area contributed by atoms with Gasteiger partial charge in [-0.1, -0.05) is 13.3 Å². The molecule has 1 unspecified atom stereocenters. The molecule has 0 bridgehead atoms. The molecule has 4 heteroatoms. The topological polar surface area (TPSA) is 58.6 Å². The van der Waals surface area contributed by atoms with Gasteiger partial charge < -0.3 is 15.2 Å². The maximum atomic E-state index is 10.8. The van der Waals surface area contributed by atoms with Crippen molar-refractivity contribution in [2.75, 3.05) is 7.11 Å². The molecule has 0 aliphatic heterocycles. The Morgan fingerprint density at radius 3 is 2.71 bits per heavy atom. The number of hydrogen-bond acceptors (Lipinski definition) is 3. The lowest BCUT2D eigenvalue weighted by atomic mass is 9.88. The summed E-state index contributed by atoms with van der Waals surface area (Å²) in [5, 5.41) is 12.0. The molecule has 4 nitrogen and oxygen atoms in total. The zero-order valence-electron chi connectivity index (χ0n) is 8.82. The molecule has 0 aromatic carbocycles. The van der Waals surface area contributed by atoms with E-state index >= 15 is 0 Å². The molecule has 0 aromatic rings. The van der Waals surface area contributed by atoms with Gasteiger partial charge in [-0.05, 0) is 19.3 Å². The molecule has 1 rings (SSSR count). The summed E-state index contributed by atoms with van der Waals surface area (Å²) in [6.45, 7) is 2.00. The van der Waals surface area contributed by atoms with Crippen LogP contribution in [0, 0.1) is 0 Å². The van der Waals surface area contributed by atoms with Crippen molar-refractivity contribution in [3.8, 4) is 0 Å². The maximum Gasteiger partial charge on any atom is 0.320 e. The first kappa shape index (κ1) is 11.5. The van der Waals surface area contributed by atoms with Gasteiger partial charge >= 0.3 is 5.97 Å². The van der Waals surface area contributed by atoms with Crippen LogP contribution in [0.3, 0.4) is 0 Å². The van der Waals surface area contributed by atoms with Crippen molar-refractivity contribution < 1.29 is 14.6 Å². The minimum absolute atomic E-state index is 0.323. The number of carbonyl (C=O) groups is 1. The van der Waals surface area contributed by atoms with Crippen LogP contribution in [0.1, 0.15) is 32.6 Å². The van der Waals surface area contributed by atoms with Crippen LogP contribution in [-0.2, 0) is 9.53 Å². The predicted octanol–water partition coefficient (Wildman–Crippen LogP) is 1.01. The zero-order chi connectivity index (χ0) is 10.6. The van der Waals surface area contributed by atoms with Gasteiger partial charge in [-0.2, -0.15) is 0 Å². The van der Waals surface area contributed by atoms with E-state index in [1.165, 1.54) is 0 Å². The van der Waals surface area contributed by atoms with Gasteiger partial charge in [0.05, 0.1) is 6.10 Å². The Balaban J connectivity index is 2.24. The van der Waals surface area contributed by atoms with Crippen LogP contribution in [-0.4, -0.2) is 36.4 Å². The van der Waals surface area contributed by atoms with Gasteiger partial charge in [0.1, 0.15) is 6.04 Å². The molecular formula is C10H19NO3. The number of carboxylic acid groups (broad SMARTS) is 1. The van der Waals surface area contributed by atoms with Crippen LogP contribution in [0.4, 0.5) is 0 Å². The molecule has 1 atom stereocenters. The van der Waals surface area contributed by atoms with E-state index in [0.29, 0.717) is 18.6 Å². The largest absolute Gasteiger partial charge is 0.480 e. The number of methoxy groups -OCH3 is 1. The molecule has 0 radical (unpaired) electrons. The monoisotopic (exact) mass is 201 g/mol. The second kappa shape index (κ2) is 5.32. The summed E-state index contributed by atoms with van der Waals surface area (Å²) < 4.78 is 5.13. The van der Waals surface area contributed by atoms with Gasteiger partial charge in [0, 0.05) is 13.2 Å². The molecular weight excluding hydrogens is 182 g/mol. The summed E-state index contributed by atoms with van der Waals surface area (Å²) in [5.74, 6) is -0.743. The van der Waals surface area contributed by atoms with Crippen molar-refractivity contribution >= 4 is 5.97 Å². The SMILES string of the molecule is CCCC(NC1CC(OC)C1)C(=O)O. The molecule has 82 valence electrons. The lowest BCUT2D eigenvalue weighted by molar-refractivity contribution is -0.140. The van der Waals surface area contributed by atoms with Crippen LogP contribution in [0.5, 0.6) is 0 Å². The molecule has 1 saturated carbocycles. The third-order valence-electron chi connectivity index (χ3n) is 2.74. The Bertz CT molecular complexity index is 190. The molecule has 0 saturated heterocycles. The van der Waals surface area contributed by atoms with Gasteiger partial charge in [0.25, 0.3) is 0 Å². The molecule has 14 heavy (non-hydrogen) atoms. The van der Waals surface area contributed by atoms with E-state index in [9.17, 15) is 4.79 Å². The summed E-state index contributed by atoms with van der Waals surface area (Å²) in [6, 6.07) is -0.0598. The van der Waals surface area contributed by atoms with E-state index in [1.54, 1.807) is 7.11 Å². The lowest BCUT2D eigenvalue weighted by Gasteiger charge is -2.36. The van der Waals surface area contributed by atoms with E-state index in [2.05, 4.69) is 5.32 Å². The van der Waals surface area contributed by atoms with Crippen molar-refractivity contribution in [1.29, 1.82) is 0 Å². The van der Waals surface area contributed by atoms with Crippen LogP contribution >= 0.6 is 0 Å². The molecule has 0 aromatic heterocycles. The minimum Gasteiger partial charge on any atom is -0.480 e. The summed E-state index contributed by atoms with van der Waals surface area (Å²) in [4.78, 5) is 10.8. The molecule has 1 aliphatic rings. The van der Waals surface area contributed by atoms with E-state index in [1.807, 2.05) is 6.92 Å². The third-order valence-corrected chi connectivity index (χ3v) is 2.74. The smallest absolute Gasteiger partial charge is 0.320 e. The van der Waals surface area contributed by atoms with Crippen molar-refractivity contribution in [2.24, 2.45) is 0 Å². The summed E-state index contributed by atoms with van der Waals surface area (Å²) in [6.07, 6.45) is 3.78. The number of nitrogens with one attached hydrogen (secondary N) is 1. The first-order chi connectivity index (χ1) is 6.67. The van der Waals surface area contributed by atoms with Gasteiger partial charge in [0.2, 0.25) is 0 Å². The van der Waals surface area contributed by atoms with Crippen LogP contribution < -0.4 is 5.32 Å². The van der Waals surface area contributed by atoms with E-state index < -0.39 is 5.97 Å². The van der Waals surface area contributed by atoms with E-state index in [-0.39, 0.29) is 6.04 Å². The molecule has 2 N–H and O–H groups in total. The van der Waals surface area contributed by atoms with E-state index in [4.69, 9.17) is 9.84 Å². The molecule has 0 heterocycles. The average molecular weight is 201 g/mol. The normalized spacial score (nSPS) is 28.1. The number of hydrogen-bond donors (Lipinski definition) is 2. The fourth-order valence-corrected chi connectivity index (χ4v) is 1.75. The fraction of sp³-hybridized carbons (Fsp3) is 0.900. The van der Waals surface area contributed by atoms with E-state index in [0.717, 1.165) is 19.3 Å². The van der Waals surface area contributed by atoms with Crippen molar-refractivity contribution in [3.05, 3.63) is 0 Å². The van der Waals surface area contributed by atoms with Crippen molar-refractivity contribution in [2.45, 2.75) is 50.8 Å². The molecule has 1 fully saturated rings. The molecule has 0 spiro atoms. The second-order valence-corrected chi connectivity index (χ2v) is 3.87. The van der Waals surface area contributed by atoms with Crippen LogP contribution in [0.2, 0.25) is 0 Å². The third kappa shape index (κ3) is 2.96. The minimum atomic E-state index is -0.743. The number of rotatable bonds is 6. The van der Waals surface area contributed by atoms with Gasteiger partial charge in [-0.15, -0.1) is 0 Å². The first-order valence-electron chi connectivity index (χ1n) is 5.19. The highest BCUT2D eigenvalue weighted by atomic mass is 16.5. The predicted molar refractivity (Wildman–Crippen MR) is 53.3 cm³/mol. The average Bonchev–Trinajstić information content (AvgIpc) is 2.08. The lowest BCUT2D eigenvalue weighted by Crippen LogP contribution is -2.51. The Labute approximate surface area is 84.6 Å². The Morgan fingerprint density at radius 1 is 1.64 bits per heavy atom. The Kier molecular flexibility index (Phi) is 4.35. The number of carboxylic acids is 1. The first-order valence-corrected chi connectivity index (χ1v) is 5.19. The van der Waals surface area contributed by atoms with Crippen LogP contribution in [0.15, 0.2) is 0 Å². The Morgan fingerprint density at radius 2 is 2.29 bits per heavy atom. The maximum absolute atomic E-state index is 10.8. The quantitative estimate of drug-likeness (QED) is 0.673. The number of aliphatic carboxylic acids is 1. The van der Waals surface area contributed by atoms with Crippen molar-refractivity contribution in [1.82, 2.24) is 5.32 Å². The Hall–Kier alpha value is -0.610. The van der Waals surface area contributed by atoms with Crippen molar-refractivity contribution in [3.63, 3.8) is 0 Å². The highest BCUT2D eigenvalue weighted by molar-refractivity contribution is 5.73. The second-order valence-electron chi connectivity index (χ2n) is 3.87. The van der Waals surface area contributed by atoms with Crippen LogP contribution in [0.25, 0.3) is 0 Å². The molecule has 0 amide bonds. The highest BCUT2D eigenvalue weighted by Gasteiger charge is 2.31. The highest BCUT2D eigenvalue weighted by Crippen LogP contribution is 2.23. The zero-order valence-corrected chi connectivity index (χ0v) is 8.82. The number of ether oxygens (including phenoxy) is 1. The van der Waals surface area contributed by atoms with Gasteiger partial charge in [-0.25, -0.2) is 0 Å². The fourth-order valence-electron chi connectivity index (χ4n) is 1.75. The summed E-state index contributed by atoms with van der Waals surface area (Å²) in [5.41, 5.74) is 0. The summed E-state index contributed by atoms with van der Waals surface area (Å²) in [7, 11) is 1.70. The van der Waals surface area contributed by atoms with Gasteiger partial charge in [0.15, 0.2) is 0 Å². The molecule has 1 aliphatic carbocycles.